The highest BCUT2D eigenvalue weighted by molar-refractivity contribution is 4.75. The van der Waals surface area contributed by atoms with Gasteiger partial charge >= 0.3 is 0 Å². The van der Waals surface area contributed by atoms with Crippen LogP contribution in [0.3, 0.4) is 0 Å². The van der Waals surface area contributed by atoms with Gasteiger partial charge in [-0.15, -0.1) is 0 Å². The standard InChI is InChI=1S/C8H16O/c1-3-8(2)6-4-5-7-9-8/h3-7H2,1-2H3/t8-/m1/s1. The minimum Gasteiger partial charge on any atom is -0.375 e. The summed E-state index contributed by atoms with van der Waals surface area (Å²) in [6.07, 6.45) is 5.02. The van der Waals surface area contributed by atoms with Crippen molar-refractivity contribution >= 4 is 0 Å². The van der Waals surface area contributed by atoms with Crippen LogP contribution in [0.1, 0.15) is 39.5 Å². The molecule has 0 aromatic heterocycles. The normalized spacial score (nSPS) is 36.7. The first-order chi connectivity index (χ1) is 4.27. The Balaban J connectivity index is 2.37. The van der Waals surface area contributed by atoms with Crippen LogP contribution in [0.5, 0.6) is 0 Å². The van der Waals surface area contributed by atoms with Crippen LogP contribution in [-0.4, -0.2) is 12.2 Å². The number of hydrogen-bond acceptors (Lipinski definition) is 1. The van der Waals surface area contributed by atoms with E-state index in [4.69, 9.17) is 4.74 Å². The molecule has 1 heterocycles. The summed E-state index contributed by atoms with van der Waals surface area (Å²) in [5, 5.41) is 0. The molecule has 1 heteroatoms. The van der Waals surface area contributed by atoms with Gasteiger partial charge in [-0.1, -0.05) is 6.92 Å². The van der Waals surface area contributed by atoms with E-state index in [1.54, 1.807) is 0 Å². The maximum absolute atomic E-state index is 5.61. The SMILES string of the molecule is CC[C@]1(C)CCCCO1. The molecule has 0 aromatic carbocycles. The lowest BCUT2D eigenvalue weighted by atomic mass is 9.94. The molecule has 0 aliphatic carbocycles. The second-order valence-corrected chi connectivity index (χ2v) is 3.11. The molecule has 1 fully saturated rings. The van der Waals surface area contributed by atoms with E-state index < -0.39 is 0 Å². The summed E-state index contributed by atoms with van der Waals surface area (Å²) in [4.78, 5) is 0. The molecular formula is C8H16O. The summed E-state index contributed by atoms with van der Waals surface area (Å²) >= 11 is 0. The van der Waals surface area contributed by atoms with Crippen molar-refractivity contribution in [3.8, 4) is 0 Å². The minimum atomic E-state index is 0.220. The lowest BCUT2D eigenvalue weighted by molar-refractivity contribution is -0.0669. The van der Waals surface area contributed by atoms with Crippen molar-refractivity contribution in [1.29, 1.82) is 0 Å². The topological polar surface area (TPSA) is 9.23 Å². The molecule has 1 aliphatic rings. The van der Waals surface area contributed by atoms with Crippen LogP contribution >= 0.6 is 0 Å². The van der Waals surface area contributed by atoms with Gasteiger partial charge in [0.25, 0.3) is 0 Å². The molecule has 9 heavy (non-hydrogen) atoms. The van der Waals surface area contributed by atoms with Gasteiger partial charge in [0.15, 0.2) is 0 Å². The molecule has 1 saturated heterocycles. The first kappa shape index (κ1) is 7.07. The van der Waals surface area contributed by atoms with Crippen molar-refractivity contribution in [2.24, 2.45) is 0 Å². The maximum atomic E-state index is 5.61. The molecule has 0 radical (unpaired) electrons. The molecular weight excluding hydrogens is 112 g/mol. The van der Waals surface area contributed by atoms with Crippen LogP contribution in [0.25, 0.3) is 0 Å². The van der Waals surface area contributed by atoms with Gasteiger partial charge in [0.2, 0.25) is 0 Å². The molecule has 0 aromatic rings. The Bertz CT molecular complexity index is 82.6. The molecule has 0 amide bonds. The van der Waals surface area contributed by atoms with Crippen molar-refractivity contribution in [3.05, 3.63) is 0 Å². The van der Waals surface area contributed by atoms with Crippen LogP contribution in [0.2, 0.25) is 0 Å². The van der Waals surface area contributed by atoms with Crippen molar-refractivity contribution in [1.82, 2.24) is 0 Å². The Hall–Kier alpha value is -0.0400. The van der Waals surface area contributed by atoms with Gasteiger partial charge in [0.1, 0.15) is 0 Å². The summed E-state index contributed by atoms with van der Waals surface area (Å²) < 4.78 is 5.61. The molecule has 1 nitrogen and oxygen atoms in total. The van der Waals surface area contributed by atoms with E-state index in [1.807, 2.05) is 0 Å². The number of ether oxygens (including phenoxy) is 1. The minimum absolute atomic E-state index is 0.220. The molecule has 0 unspecified atom stereocenters. The van der Waals surface area contributed by atoms with Crippen molar-refractivity contribution in [3.63, 3.8) is 0 Å². The van der Waals surface area contributed by atoms with Gasteiger partial charge in [-0.25, -0.2) is 0 Å². The van der Waals surface area contributed by atoms with E-state index in [0.29, 0.717) is 0 Å². The first-order valence-electron chi connectivity index (χ1n) is 3.91. The van der Waals surface area contributed by atoms with Gasteiger partial charge < -0.3 is 4.74 Å². The molecule has 0 bridgehead atoms. The fourth-order valence-electron chi connectivity index (χ4n) is 1.27. The Morgan fingerprint density at radius 1 is 1.44 bits per heavy atom. The molecule has 1 rings (SSSR count). The van der Waals surface area contributed by atoms with Gasteiger partial charge in [0.05, 0.1) is 5.60 Å². The van der Waals surface area contributed by atoms with Crippen LogP contribution in [-0.2, 0) is 4.74 Å². The summed E-state index contributed by atoms with van der Waals surface area (Å²) in [6, 6.07) is 0. The molecule has 0 saturated carbocycles. The molecule has 0 N–H and O–H groups in total. The van der Waals surface area contributed by atoms with Gasteiger partial charge in [-0.3, -0.25) is 0 Å². The quantitative estimate of drug-likeness (QED) is 0.526. The Kier molecular flexibility index (Phi) is 2.12. The van der Waals surface area contributed by atoms with E-state index in [2.05, 4.69) is 13.8 Å². The maximum Gasteiger partial charge on any atom is 0.0652 e. The third-order valence-corrected chi connectivity index (χ3v) is 2.30. The predicted octanol–water partition coefficient (Wildman–Crippen LogP) is 2.36. The largest absolute Gasteiger partial charge is 0.375 e. The lowest BCUT2D eigenvalue weighted by Crippen LogP contribution is -2.31. The third-order valence-electron chi connectivity index (χ3n) is 2.30. The van der Waals surface area contributed by atoms with E-state index in [0.717, 1.165) is 13.0 Å². The number of hydrogen-bond donors (Lipinski definition) is 0. The fourth-order valence-corrected chi connectivity index (χ4v) is 1.27. The second-order valence-electron chi connectivity index (χ2n) is 3.11. The highest BCUT2D eigenvalue weighted by Crippen LogP contribution is 2.26. The zero-order chi connectivity index (χ0) is 6.74. The van der Waals surface area contributed by atoms with E-state index in [1.165, 1.54) is 19.3 Å². The highest BCUT2D eigenvalue weighted by Gasteiger charge is 2.24. The molecule has 0 spiro atoms. The zero-order valence-corrected chi connectivity index (χ0v) is 6.44. The lowest BCUT2D eigenvalue weighted by Gasteiger charge is -2.32. The van der Waals surface area contributed by atoms with Gasteiger partial charge in [-0.2, -0.15) is 0 Å². The molecule has 1 aliphatic heterocycles. The predicted molar refractivity (Wildman–Crippen MR) is 38.5 cm³/mol. The van der Waals surface area contributed by atoms with E-state index in [-0.39, 0.29) is 5.60 Å². The Labute approximate surface area is 57.4 Å². The zero-order valence-electron chi connectivity index (χ0n) is 6.44. The van der Waals surface area contributed by atoms with Gasteiger partial charge in [0, 0.05) is 6.61 Å². The van der Waals surface area contributed by atoms with E-state index >= 15 is 0 Å². The van der Waals surface area contributed by atoms with E-state index in [9.17, 15) is 0 Å². The second kappa shape index (κ2) is 2.70. The third kappa shape index (κ3) is 1.68. The number of rotatable bonds is 1. The first-order valence-corrected chi connectivity index (χ1v) is 3.91. The Morgan fingerprint density at radius 2 is 2.22 bits per heavy atom. The summed E-state index contributed by atoms with van der Waals surface area (Å²) in [5.74, 6) is 0. The van der Waals surface area contributed by atoms with Crippen LogP contribution in [0.15, 0.2) is 0 Å². The average molecular weight is 128 g/mol. The molecule has 54 valence electrons. The summed E-state index contributed by atoms with van der Waals surface area (Å²) in [6.45, 7) is 5.39. The van der Waals surface area contributed by atoms with Crippen LogP contribution in [0, 0.1) is 0 Å². The Morgan fingerprint density at radius 3 is 2.56 bits per heavy atom. The fraction of sp³-hybridized carbons (Fsp3) is 1.00. The van der Waals surface area contributed by atoms with Crippen LogP contribution < -0.4 is 0 Å². The highest BCUT2D eigenvalue weighted by atomic mass is 16.5. The summed E-state index contributed by atoms with van der Waals surface area (Å²) in [7, 11) is 0. The van der Waals surface area contributed by atoms with Gasteiger partial charge in [-0.05, 0) is 32.6 Å². The van der Waals surface area contributed by atoms with Crippen molar-refractivity contribution in [2.75, 3.05) is 6.61 Å². The average Bonchev–Trinajstić information content (AvgIpc) is 1.90. The van der Waals surface area contributed by atoms with Crippen molar-refractivity contribution < 1.29 is 4.74 Å². The molecule has 1 atom stereocenters. The van der Waals surface area contributed by atoms with Crippen LogP contribution in [0.4, 0.5) is 0 Å². The summed E-state index contributed by atoms with van der Waals surface area (Å²) in [5.41, 5.74) is 0.220. The smallest absolute Gasteiger partial charge is 0.0652 e. The monoisotopic (exact) mass is 128 g/mol. The van der Waals surface area contributed by atoms with Crippen molar-refractivity contribution in [2.45, 2.75) is 45.1 Å².